The fourth-order valence-electron chi connectivity index (χ4n) is 2.04. The van der Waals surface area contributed by atoms with Crippen LogP contribution in [-0.4, -0.2) is 24.1 Å². The standard InChI is InChI=1S/C16H11ClF3NO4/c1-25-13-11(16(18,19)20)6-9(7-12(13)17)14(22)21-10-4-2-8(3-5-10)15(23)24/h2-7H,1H3,(H,21,22)(H,23,24). The van der Waals surface area contributed by atoms with E-state index in [1.165, 1.54) is 24.3 Å². The van der Waals surface area contributed by atoms with Crippen molar-refractivity contribution in [2.24, 2.45) is 0 Å². The SMILES string of the molecule is COc1c(Cl)cc(C(=O)Nc2ccc(C(=O)O)cc2)cc1C(F)(F)F. The molecule has 0 atom stereocenters. The van der Waals surface area contributed by atoms with Gasteiger partial charge in [-0.2, -0.15) is 13.2 Å². The molecule has 0 aliphatic carbocycles. The van der Waals surface area contributed by atoms with Gasteiger partial charge in [-0.25, -0.2) is 4.79 Å². The summed E-state index contributed by atoms with van der Waals surface area (Å²) in [5.41, 5.74) is -1.27. The highest BCUT2D eigenvalue weighted by Gasteiger charge is 2.36. The van der Waals surface area contributed by atoms with Crippen molar-refractivity contribution in [1.82, 2.24) is 0 Å². The number of carbonyl (C=O) groups is 2. The molecule has 0 saturated carbocycles. The van der Waals surface area contributed by atoms with Gasteiger partial charge in [0.05, 0.1) is 23.3 Å². The third kappa shape index (κ3) is 4.21. The summed E-state index contributed by atoms with van der Waals surface area (Å²) in [5, 5.41) is 10.8. The van der Waals surface area contributed by atoms with Gasteiger partial charge in [-0.1, -0.05) is 11.6 Å². The number of hydrogen-bond donors (Lipinski definition) is 2. The van der Waals surface area contributed by atoms with Gasteiger partial charge >= 0.3 is 12.1 Å². The van der Waals surface area contributed by atoms with Crippen LogP contribution in [0.25, 0.3) is 0 Å². The highest BCUT2D eigenvalue weighted by molar-refractivity contribution is 6.32. The second-order valence-electron chi connectivity index (χ2n) is 4.87. The Morgan fingerprint density at radius 1 is 1.12 bits per heavy atom. The normalized spacial score (nSPS) is 11.1. The lowest BCUT2D eigenvalue weighted by molar-refractivity contribution is -0.138. The third-order valence-corrected chi connectivity index (χ3v) is 3.49. The summed E-state index contributed by atoms with van der Waals surface area (Å²) >= 11 is 5.77. The second-order valence-corrected chi connectivity index (χ2v) is 5.28. The average Bonchev–Trinajstić information content (AvgIpc) is 2.53. The monoisotopic (exact) mass is 373 g/mol. The van der Waals surface area contributed by atoms with Crippen molar-refractivity contribution in [3.8, 4) is 5.75 Å². The molecule has 2 N–H and O–H groups in total. The van der Waals surface area contributed by atoms with Crippen molar-refractivity contribution in [2.75, 3.05) is 12.4 Å². The van der Waals surface area contributed by atoms with Crippen molar-refractivity contribution in [3.05, 3.63) is 58.1 Å². The van der Waals surface area contributed by atoms with Crippen LogP contribution in [0.5, 0.6) is 5.75 Å². The number of alkyl halides is 3. The van der Waals surface area contributed by atoms with Crippen LogP contribution in [-0.2, 0) is 6.18 Å². The fourth-order valence-corrected chi connectivity index (χ4v) is 2.34. The number of methoxy groups -OCH3 is 1. The molecule has 0 unspecified atom stereocenters. The maximum Gasteiger partial charge on any atom is 0.420 e. The molecular formula is C16H11ClF3NO4. The summed E-state index contributed by atoms with van der Waals surface area (Å²) < 4.78 is 43.9. The smallest absolute Gasteiger partial charge is 0.420 e. The summed E-state index contributed by atoms with van der Waals surface area (Å²) in [6, 6.07) is 6.82. The number of carboxylic acid groups (broad SMARTS) is 1. The molecule has 0 saturated heterocycles. The van der Waals surface area contributed by atoms with Gasteiger partial charge in [0.25, 0.3) is 5.91 Å². The van der Waals surface area contributed by atoms with E-state index in [4.69, 9.17) is 16.7 Å². The molecule has 0 heterocycles. The molecular weight excluding hydrogens is 363 g/mol. The zero-order valence-electron chi connectivity index (χ0n) is 12.6. The summed E-state index contributed by atoms with van der Waals surface area (Å²) in [6.45, 7) is 0. The van der Waals surface area contributed by atoms with Crippen molar-refractivity contribution < 1.29 is 32.6 Å². The quantitative estimate of drug-likeness (QED) is 0.837. The summed E-state index contributed by atoms with van der Waals surface area (Å²) in [5.74, 6) is -2.55. The van der Waals surface area contributed by atoms with Gasteiger partial charge in [0.2, 0.25) is 0 Å². The predicted molar refractivity (Wildman–Crippen MR) is 84.4 cm³/mol. The lowest BCUT2D eigenvalue weighted by Crippen LogP contribution is -2.15. The first kappa shape index (κ1) is 18.6. The molecule has 5 nitrogen and oxygen atoms in total. The van der Waals surface area contributed by atoms with E-state index in [1.807, 2.05) is 0 Å². The first-order valence-corrected chi connectivity index (χ1v) is 7.10. The topological polar surface area (TPSA) is 75.6 Å². The number of carboxylic acids is 1. The minimum absolute atomic E-state index is 0.00449. The van der Waals surface area contributed by atoms with Crippen molar-refractivity contribution in [2.45, 2.75) is 6.18 Å². The van der Waals surface area contributed by atoms with Crippen LogP contribution in [0.3, 0.4) is 0 Å². The highest BCUT2D eigenvalue weighted by atomic mass is 35.5. The number of carbonyl (C=O) groups excluding carboxylic acids is 1. The summed E-state index contributed by atoms with van der Waals surface area (Å²) in [6.07, 6.45) is -4.76. The molecule has 2 rings (SSSR count). The Morgan fingerprint density at radius 2 is 1.72 bits per heavy atom. The third-order valence-electron chi connectivity index (χ3n) is 3.21. The van der Waals surface area contributed by atoms with E-state index in [-0.39, 0.29) is 21.8 Å². The molecule has 0 aromatic heterocycles. The maximum absolute atomic E-state index is 13.1. The lowest BCUT2D eigenvalue weighted by atomic mass is 10.1. The fraction of sp³-hybridized carbons (Fsp3) is 0.125. The van der Waals surface area contributed by atoms with Crippen LogP contribution in [0.2, 0.25) is 5.02 Å². The van der Waals surface area contributed by atoms with Crippen LogP contribution in [0.4, 0.5) is 18.9 Å². The average molecular weight is 374 g/mol. The molecule has 2 aromatic rings. The van der Waals surface area contributed by atoms with Gasteiger partial charge in [-0.05, 0) is 36.4 Å². The van der Waals surface area contributed by atoms with E-state index in [0.29, 0.717) is 6.07 Å². The molecule has 0 aliphatic heterocycles. The van der Waals surface area contributed by atoms with E-state index in [0.717, 1.165) is 13.2 Å². The summed E-state index contributed by atoms with van der Waals surface area (Å²) in [7, 11) is 1.04. The number of benzene rings is 2. The first-order chi connectivity index (χ1) is 11.6. The minimum atomic E-state index is -4.76. The van der Waals surface area contributed by atoms with Gasteiger partial charge in [0.1, 0.15) is 5.75 Å². The van der Waals surface area contributed by atoms with Gasteiger partial charge in [0.15, 0.2) is 0 Å². The lowest BCUT2D eigenvalue weighted by Gasteiger charge is -2.15. The second kappa shape index (κ2) is 7.02. The highest BCUT2D eigenvalue weighted by Crippen LogP contribution is 2.41. The van der Waals surface area contributed by atoms with Crippen LogP contribution in [0, 0.1) is 0 Å². The van der Waals surface area contributed by atoms with Crippen LogP contribution in [0.1, 0.15) is 26.3 Å². The Balaban J connectivity index is 2.33. The number of aromatic carboxylic acids is 1. The molecule has 0 bridgehead atoms. The predicted octanol–water partition coefficient (Wildman–Crippen LogP) is 4.32. The number of ether oxygens (including phenoxy) is 1. The zero-order valence-corrected chi connectivity index (χ0v) is 13.4. The van der Waals surface area contributed by atoms with Crippen LogP contribution in [0.15, 0.2) is 36.4 Å². The number of halogens is 4. The minimum Gasteiger partial charge on any atom is -0.495 e. The Bertz CT molecular complexity index is 819. The van der Waals surface area contributed by atoms with Gasteiger partial charge in [0, 0.05) is 11.3 Å². The Hall–Kier alpha value is -2.74. The number of hydrogen-bond acceptors (Lipinski definition) is 3. The Labute approximate surface area is 145 Å². The molecule has 0 aliphatic rings. The van der Waals surface area contributed by atoms with E-state index < -0.39 is 29.4 Å². The van der Waals surface area contributed by atoms with Crippen LogP contribution >= 0.6 is 11.6 Å². The molecule has 25 heavy (non-hydrogen) atoms. The van der Waals surface area contributed by atoms with E-state index in [2.05, 4.69) is 10.1 Å². The maximum atomic E-state index is 13.1. The van der Waals surface area contributed by atoms with E-state index in [1.54, 1.807) is 0 Å². The van der Waals surface area contributed by atoms with Crippen molar-refractivity contribution >= 4 is 29.2 Å². The largest absolute Gasteiger partial charge is 0.495 e. The number of amides is 1. The molecule has 2 aromatic carbocycles. The Morgan fingerprint density at radius 3 is 2.20 bits per heavy atom. The number of nitrogens with one attached hydrogen (secondary N) is 1. The van der Waals surface area contributed by atoms with Gasteiger partial charge in [-0.3, -0.25) is 4.79 Å². The Kier molecular flexibility index (Phi) is 5.22. The zero-order chi connectivity index (χ0) is 18.8. The van der Waals surface area contributed by atoms with Crippen molar-refractivity contribution in [3.63, 3.8) is 0 Å². The molecule has 9 heteroatoms. The number of anilines is 1. The molecule has 1 amide bonds. The molecule has 132 valence electrons. The van der Waals surface area contributed by atoms with Crippen molar-refractivity contribution in [1.29, 1.82) is 0 Å². The van der Waals surface area contributed by atoms with E-state index >= 15 is 0 Å². The number of rotatable bonds is 4. The van der Waals surface area contributed by atoms with E-state index in [9.17, 15) is 22.8 Å². The first-order valence-electron chi connectivity index (χ1n) is 6.73. The van der Waals surface area contributed by atoms with Gasteiger partial charge in [-0.15, -0.1) is 0 Å². The van der Waals surface area contributed by atoms with Crippen LogP contribution < -0.4 is 10.1 Å². The molecule has 0 radical (unpaired) electrons. The molecule has 0 fully saturated rings. The summed E-state index contributed by atoms with van der Waals surface area (Å²) in [4.78, 5) is 22.9. The van der Waals surface area contributed by atoms with Gasteiger partial charge < -0.3 is 15.2 Å². The molecule has 0 spiro atoms.